The molecule has 6 aromatic carbocycles. The molecule has 0 aliphatic heterocycles. The van der Waals surface area contributed by atoms with E-state index in [2.05, 4.69) is 90.9 Å². The third kappa shape index (κ3) is 10.0. The Hall–Kier alpha value is -5.57. The van der Waals surface area contributed by atoms with Gasteiger partial charge in [0.25, 0.3) is 0 Å². The molecule has 0 bridgehead atoms. The molecular formula is C62H68N3OPt-. The molecule has 2 aromatic heterocycles. The molecule has 67 heavy (non-hydrogen) atoms. The smallest absolute Gasteiger partial charge is 0.148 e. The maximum Gasteiger partial charge on any atom is 0.148 e. The minimum Gasteiger partial charge on any atom is -0.507 e. The van der Waals surface area contributed by atoms with Crippen molar-refractivity contribution in [2.24, 2.45) is 0 Å². The maximum atomic E-state index is 12.3. The van der Waals surface area contributed by atoms with Gasteiger partial charge in [0.1, 0.15) is 11.6 Å². The van der Waals surface area contributed by atoms with E-state index in [0.717, 1.165) is 72.5 Å². The zero-order valence-corrected chi connectivity index (χ0v) is 43.6. The van der Waals surface area contributed by atoms with Crippen molar-refractivity contribution in [3.8, 4) is 67.5 Å². The summed E-state index contributed by atoms with van der Waals surface area (Å²) < 4.78 is 55.6. The molecule has 0 saturated heterocycles. The van der Waals surface area contributed by atoms with Gasteiger partial charge >= 0.3 is 0 Å². The number of aryl methyl sites for hydroxylation is 1. The van der Waals surface area contributed by atoms with E-state index in [1.165, 1.54) is 0 Å². The standard InChI is InChI=1S/C62H68N3O.Pt/c1-36(2)42-18-20-43(21-19-42)45-24-25-63-56(35-45)51-30-50(31-52(32-51)62(12,13)14)53-16-15-17-58-59(53)64-61(55-34-48(39(7)8)33-54(40(9)10)60(55)66)65(58)57-23-22-44(26-41(57)11)49-28-46(37(3)4)27-47(29-49)38(5)6;/h15-29,31-40,66H,1-14H3;/q-1;/i11D3,36D,37D,38D;. The summed E-state index contributed by atoms with van der Waals surface area (Å²) in [6.07, 6.45) is 1.82. The Morgan fingerprint density at radius 1 is 0.612 bits per heavy atom. The van der Waals surface area contributed by atoms with Gasteiger partial charge in [0, 0.05) is 41.2 Å². The van der Waals surface area contributed by atoms with Gasteiger partial charge in [-0.1, -0.05) is 174 Å². The number of hydrogen-bond acceptors (Lipinski definition) is 3. The molecule has 5 heteroatoms. The Morgan fingerprint density at radius 3 is 1.87 bits per heavy atom. The summed E-state index contributed by atoms with van der Waals surface area (Å²) in [5.41, 5.74) is 13.7. The predicted octanol–water partition coefficient (Wildman–Crippen LogP) is 17.5. The van der Waals surface area contributed by atoms with Crippen LogP contribution in [0, 0.1) is 12.9 Å². The first-order chi connectivity index (χ1) is 33.4. The van der Waals surface area contributed by atoms with Crippen molar-refractivity contribution in [2.75, 3.05) is 0 Å². The van der Waals surface area contributed by atoms with Gasteiger partial charge in [-0.3, -0.25) is 9.55 Å². The fraction of sp³-hybridized carbons (Fsp3) is 0.323. The van der Waals surface area contributed by atoms with E-state index in [0.29, 0.717) is 33.7 Å². The van der Waals surface area contributed by atoms with E-state index in [1.54, 1.807) is 6.07 Å². The monoisotopic (exact) mass is 1070 g/mol. The average Bonchev–Trinajstić information content (AvgIpc) is 3.69. The number of phenols is 1. The summed E-state index contributed by atoms with van der Waals surface area (Å²) >= 11 is 0. The Balaban J connectivity index is 0.00000780. The summed E-state index contributed by atoms with van der Waals surface area (Å²) in [6, 6.07) is 41.4. The van der Waals surface area contributed by atoms with Crippen LogP contribution < -0.4 is 0 Å². The molecule has 0 spiro atoms. The number of para-hydroxylation sites is 1. The van der Waals surface area contributed by atoms with Crippen LogP contribution in [0.3, 0.4) is 0 Å². The van der Waals surface area contributed by atoms with E-state index in [9.17, 15) is 5.11 Å². The van der Waals surface area contributed by atoms with Gasteiger partial charge in [0.2, 0.25) is 0 Å². The molecule has 0 aliphatic carbocycles. The first kappa shape index (κ1) is 41.6. The number of phenolic OH excluding ortho intramolecular Hbond substituents is 1. The van der Waals surface area contributed by atoms with Crippen LogP contribution in [0.5, 0.6) is 5.75 Å². The van der Waals surface area contributed by atoms with Gasteiger partial charge < -0.3 is 5.11 Å². The average molecular weight is 1070 g/mol. The topological polar surface area (TPSA) is 50.9 Å². The number of aromatic hydroxyl groups is 1. The number of pyridine rings is 1. The first-order valence-electron chi connectivity index (χ1n) is 26.3. The molecule has 8 aromatic rings. The molecule has 2 heterocycles. The van der Waals surface area contributed by atoms with E-state index in [1.807, 2.05) is 125 Å². The number of nitrogens with zero attached hydrogens (tertiary/aromatic N) is 3. The van der Waals surface area contributed by atoms with Crippen LogP contribution in [-0.4, -0.2) is 19.6 Å². The second-order valence-electron chi connectivity index (χ2n) is 20.2. The van der Waals surface area contributed by atoms with Gasteiger partial charge in [0.15, 0.2) is 0 Å². The number of rotatable bonds is 11. The van der Waals surface area contributed by atoms with Crippen LogP contribution in [0.15, 0.2) is 121 Å². The molecular weight excluding hydrogens is 998 g/mol. The van der Waals surface area contributed by atoms with Crippen molar-refractivity contribution in [3.63, 3.8) is 0 Å². The number of aromatic nitrogens is 3. The molecule has 0 atom stereocenters. The second-order valence-corrected chi connectivity index (χ2v) is 20.2. The molecule has 0 aliphatic rings. The van der Waals surface area contributed by atoms with Crippen LogP contribution in [0.1, 0.15) is 167 Å². The third-order valence-corrected chi connectivity index (χ3v) is 12.9. The summed E-state index contributed by atoms with van der Waals surface area (Å²) in [6.45, 7) is 23.3. The van der Waals surface area contributed by atoms with Crippen LogP contribution in [0.2, 0.25) is 0 Å². The van der Waals surface area contributed by atoms with Crippen LogP contribution in [0.25, 0.3) is 72.7 Å². The van der Waals surface area contributed by atoms with Crippen LogP contribution in [0.4, 0.5) is 0 Å². The number of benzene rings is 6. The molecule has 4 nitrogen and oxygen atoms in total. The minimum atomic E-state index is -2.60. The molecule has 0 fully saturated rings. The van der Waals surface area contributed by atoms with Gasteiger partial charge in [0.05, 0.1) is 22.3 Å². The Labute approximate surface area is 423 Å². The number of fused-ring (bicyclic) bond motifs is 1. The number of hydrogen-bond donors (Lipinski definition) is 1. The number of imidazole rings is 1. The zero-order chi connectivity index (χ0) is 52.6. The van der Waals surface area contributed by atoms with Gasteiger partial charge in [-0.2, -0.15) is 0 Å². The molecule has 0 saturated carbocycles. The van der Waals surface area contributed by atoms with Crippen LogP contribution >= 0.6 is 0 Å². The Kier molecular flexibility index (Phi) is 12.2. The van der Waals surface area contributed by atoms with Crippen molar-refractivity contribution in [1.82, 2.24) is 14.5 Å². The van der Waals surface area contributed by atoms with Crippen LogP contribution in [-0.2, 0) is 26.5 Å². The molecule has 0 amide bonds. The zero-order valence-electron chi connectivity index (χ0n) is 47.3. The molecule has 0 unspecified atom stereocenters. The predicted molar refractivity (Wildman–Crippen MR) is 280 cm³/mol. The first-order valence-corrected chi connectivity index (χ1v) is 23.3. The van der Waals surface area contributed by atoms with E-state index in [4.69, 9.17) is 18.2 Å². The molecule has 1 N–H and O–H groups in total. The fourth-order valence-corrected chi connectivity index (χ4v) is 8.69. The Morgan fingerprint density at radius 2 is 1.25 bits per heavy atom. The van der Waals surface area contributed by atoms with Crippen molar-refractivity contribution in [1.29, 1.82) is 0 Å². The third-order valence-electron chi connectivity index (χ3n) is 12.9. The van der Waals surface area contributed by atoms with Crippen molar-refractivity contribution in [2.45, 2.75) is 132 Å². The van der Waals surface area contributed by atoms with E-state index >= 15 is 0 Å². The molecule has 8 rings (SSSR count). The van der Waals surface area contributed by atoms with Gasteiger partial charge in [-0.25, -0.2) is 4.98 Å². The summed E-state index contributed by atoms with van der Waals surface area (Å²) in [4.78, 5) is 10.4. The SMILES string of the molecule is [2H]C([2H])([2H])c1cc(-c2cc(C([2H])(C)C)cc(C([2H])(C)C)c2)ccc1-n1c(-c2cc(C(C)C)cc(C(C)C)c2O)nc2c(-c3[c-]c(-c4cc(-c5ccc(C([2H])(C)C)cc5)ccn4)cc(C(C)(C)C)c3)cccc21.[Pt]. The molecule has 348 valence electrons. The minimum absolute atomic E-state index is 0. The largest absolute Gasteiger partial charge is 0.507 e. The normalized spacial score (nSPS) is 14.0. The summed E-state index contributed by atoms with van der Waals surface area (Å²) in [5, 5.41) is 12.3. The van der Waals surface area contributed by atoms with E-state index in [-0.39, 0.29) is 49.6 Å². The maximum absolute atomic E-state index is 12.3. The summed E-state index contributed by atoms with van der Waals surface area (Å²) in [7, 11) is 0. The van der Waals surface area contributed by atoms with Crippen molar-refractivity contribution < 1.29 is 34.4 Å². The quantitative estimate of drug-likeness (QED) is 0.131. The van der Waals surface area contributed by atoms with Gasteiger partial charge in [-0.15, -0.1) is 29.3 Å². The fourth-order valence-electron chi connectivity index (χ4n) is 8.69. The second kappa shape index (κ2) is 19.6. The molecule has 0 radical (unpaired) electrons. The summed E-state index contributed by atoms with van der Waals surface area (Å²) in [5.74, 6) is -2.06. The van der Waals surface area contributed by atoms with Crippen molar-refractivity contribution >= 4 is 11.0 Å². The van der Waals surface area contributed by atoms with Crippen molar-refractivity contribution in [3.05, 3.63) is 166 Å². The van der Waals surface area contributed by atoms with Gasteiger partial charge in [-0.05, 0) is 128 Å². The Bertz CT molecular complexity index is 3310. The van der Waals surface area contributed by atoms with E-state index < -0.39 is 24.5 Å².